The maximum absolute atomic E-state index is 12.0. The first-order valence-corrected chi connectivity index (χ1v) is 9.00. The smallest absolute Gasteiger partial charge is 0.340 e. The third kappa shape index (κ3) is 5.16. The van der Waals surface area contributed by atoms with Gasteiger partial charge in [-0.25, -0.2) is 4.79 Å². The van der Waals surface area contributed by atoms with E-state index in [0.29, 0.717) is 5.02 Å². The van der Waals surface area contributed by atoms with Crippen molar-refractivity contribution in [3.63, 3.8) is 0 Å². The summed E-state index contributed by atoms with van der Waals surface area (Å²) in [6.45, 7) is -0.123. The van der Waals surface area contributed by atoms with Crippen molar-refractivity contribution in [2.45, 2.75) is 11.4 Å². The van der Waals surface area contributed by atoms with Crippen LogP contribution in [0, 0.1) is 0 Å². The van der Waals surface area contributed by atoms with Crippen molar-refractivity contribution in [1.82, 2.24) is 5.32 Å². The molecule has 126 valence electrons. The third-order valence-electron chi connectivity index (χ3n) is 3.16. The molecule has 0 aliphatic carbocycles. The van der Waals surface area contributed by atoms with Crippen molar-refractivity contribution < 1.29 is 14.3 Å². The number of hydrogen-bond acceptors (Lipinski definition) is 4. The Labute approximate surface area is 154 Å². The van der Waals surface area contributed by atoms with Crippen LogP contribution in [-0.4, -0.2) is 24.7 Å². The summed E-state index contributed by atoms with van der Waals surface area (Å²) in [4.78, 5) is 24.7. The molecule has 0 aromatic heterocycles. The molecule has 0 radical (unpaired) electrons. The first-order valence-electron chi connectivity index (χ1n) is 7.02. The third-order valence-corrected chi connectivity index (χ3v) is 4.59. The summed E-state index contributed by atoms with van der Waals surface area (Å²) in [5.74, 6) is -1.05. The number of thioether (sulfide) groups is 1. The second-order valence-electron chi connectivity index (χ2n) is 4.79. The van der Waals surface area contributed by atoms with Gasteiger partial charge < -0.3 is 10.1 Å². The van der Waals surface area contributed by atoms with E-state index in [9.17, 15) is 9.59 Å². The maximum Gasteiger partial charge on any atom is 0.340 e. The summed E-state index contributed by atoms with van der Waals surface area (Å²) >= 11 is 13.5. The highest BCUT2D eigenvalue weighted by molar-refractivity contribution is 7.98. The lowest BCUT2D eigenvalue weighted by molar-refractivity contribution is -0.124. The van der Waals surface area contributed by atoms with Gasteiger partial charge in [-0.1, -0.05) is 41.4 Å². The molecule has 0 saturated carbocycles. The molecule has 0 atom stereocenters. The minimum atomic E-state index is -0.635. The second kappa shape index (κ2) is 8.97. The van der Waals surface area contributed by atoms with Crippen LogP contribution in [0.15, 0.2) is 47.4 Å². The van der Waals surface area contributed by atoms with Crippen molar-refractivity contribution in [3.05, 3.63) is 63.6 Å². The number of rotatable bonds is 6. The summed E-state index contributed by atoms with van der Waals surface area (Å²) < 4.78 is 5.01. The lowest BCUT2D eigenvalue weighted by Crippen LogP contribution is -2.28. The zero-order valence-corrected chi connectivity index (χ0v) is 15.2. The number of esters is 1. The molecule has 0 aliphatic heterocycles. The molecule has 1 amide bonds. The number of amides is 1. The Morgan fingerprint density at radius 1 is 1.12 bits per heavy atom. The number of carbonyl (C=O) groups excluding carboxylic acids is 2. The molecular weight excluding hydrogens is 369 g/mol. The first kappa shape index (κ1) is 18.6. The molecule has 4 nitrogen and oxygen atoms in total. The summed E-state index contributed by atoms with van der Waals surface area (Å²) in [6.07, 6.45) is 1.89. The lowest BCUT2D eigenvalue weighted by Gasteiger charge is -2.09. The summed E-state index contributed by atoms with van der Waals surface area (Å²) in [5, 5.41) is 3.50. The van der Waals surface area contributed by atoms with Gasteiger partial charge in [0.15, 0.2) is 6.61 Å². The number of halogens is 2. The van der Waals surface area contributed by atoms with Crippen LogP contribution in [0.5, 0.6) is 0 Å². The molecule has 0 saturated heterocycles. The second-order valence-corrected chi connectivity index (χ2v) is 6.48. The van der Waals surface area contributed by atoms with Gasteiger partial charge in [0.25, 0.3) is 5.91 Å². The fraction of sp³-hybridized carbons (Fsp3) is 0.176. The molecule has 0 fully saturated rings. The van der Waals surface area contributed by atoms with E-state index in [1.807, 2.05) is 24.5 Å². The average molecular weight is 384 g/mol. The largest absolute Gasteiger partial charge is 0.452 e. The van der Waals surface area contributed by atoms with Gasteiger partial charge >= 0.3 is 5.97 Å². The van der Waals surface area contributed by atoms with Gasteiger partial charge in [0.2, 0.25) is 0 Å². The minimum absolute atomic E-state index is 0.238. The SMILES string of the molecule is CSc1ccc(Cl)c(C(=O)OCC(=O)NCc2ccccc2Cl)c1. The summed E-state index contributed by atoms with van der Waals surface area (Å²) in [6, 6.07) is 12.3. The van der Waals surface area contributed by atoms with E-state index in [1.54, 1.807) is 24.3 Å². The molecule has 7 heteroatoms. The van der Waals surface area contributed by atoms with Crippen LogP contribution in [0.2, 0.25) is 10.0 Å². The Morgan fingerprint density at radius 3 is 2.58 bits per heavy atom. The average Bonchev–Trinajstić information content (AvgIpc) is 2.59. The molecule has 0 aliphatic rings. The molecule has 1 N–H and O–H groups in total. The Balaban J connectivity index is 1.87. The molecule has 0 spiro atoms. The fourth-order valence-corrected chi connectivity index (χ4v) is 2.72. The number of benzene rings is 2. The number of carbonyl (C=O) groups is 2. The molecule has 24 heavy (non-hydrogen) atoms. The monoisotopic (exact) mass is 383 g/mol. The predicted molar refractivity (Wildman–Crippen MR) is 96.8 cm³/mol. The summed E-state index contributed by atoms with van der Waals surface area (Å²) in [5.41, 5.74) is 1.02. The van der Waals surface area contributed by atoms with Crippen molar-refractivity contribution in [2.24, 2.45) is 0 Å². The fourth-order valence-electron chi connectivity index (χ4n) is 1.88. The minimum Gasteiger partial charge on any atom is -0.452 e. The zero-order valence-electron chi connectivity index (χ0n) is 12.8. The molecule has 2 aromatic carbocycles. The van der Waals surface area contributed by atoms with Gasteiger partial charge in [-0.3, -0.25) is 4.79 Å². The van der Waals surface area contributed by atoms with Crippen molar-refractivity contribution in [1.29, 1.82) is 0 Å². The predicted octanol–water partition coefficient (Wildman–Crippen LogP) is 4.19. The number of hydrogen-bond donors (Lipinski definition) is 1. The molecule has 0 unspecified atom stereocenters. The Morgan fingerprint density at radius 2 is 1.88 bits per heavy atom. The van der Waals surface area contributed by atoms with Crippen LogP contribution in [0.4, 0.5) is 0 Å². The van der Waals surface area contributed by atoms with E-state index in [0.717, 1.165) is 10.5 Å². The van der Waals surface area contributed by atoms with Crippen LogP contribution in [0.1, 0.15) is 15.9 Å². The van der Waals surface area contributed by atoms with Gasteiger partial charge in [0.1, 0.15) is 0 Å². The lowest BCUT2D eigenvalue weighted by atomic mass is 10.2. The van der Waals surface area contributed by atoms with Crippen molar-refractivity contribution in [3.8, 4) is 0 Å². The van der Waals surface area contributed by atoms with Gasteiger partial charge in [-0.15, -0.1) is 11.8 Å². The maximum atomic E-state index is 12.0. The van der Waals surface area contributed by atoms with Crippen LogP contribution >= 0.6 is 35.0 Å². The van der Waals surface area contributed by atoms with E-state index in [4.69, 9.17) is 27.9 Å². The van der Waals surface area contributed by atoms with Gasteiger partial charge in [-0.05, 0) is 36.1 Å². The Kier molecular flexibility index (Phi) is 6.97. The highest BCUT2D eigenvalue weighted by atomic mass is 35.5. The normalized spacial score (nSPS) is 10.3. The van der Waals surface area contributed by atoms with Gasteiger partial charge in [-0.2, -0.15) is 0 Å². The van der Waals surface area contributed by atoms with Crippen LogP contribution in [-0.2, 0) is 16.1 Å². The van der Waals surface area contributed by atoms with Gasteiger partial charge in [0, 0.05) is 16.5 Å². The Bertz CT molecular complexity index is 752. The molecule has 2 rings (SSSR count). The molecule has 2 aromatic rings. The van der Waals surface area contributed by atoms with E-state index in [2.05, 4.69) is 5.32 Å². The molecule has 0 heterocycles. The Hall–Kier alpha value is -1.69. The molecular formula is C17H15Cl2NO3S. The topological polar surface area (TPSA) is 55.4 Å². The van der Waals surface area contributed by atoms with E-state index >= 15 is 0 Å². The number of ether oxygens (including phenoxy) is 1. The molecule has 0 bridgehead atoms. The van der Waals surface area contributed by atoms with Crippen molar-refractivity contribution >= 4 is 46.8 Å². The quantitative estimate of drug-likeness (QED) is 0.600. The highest BCUT2D eigenvalue weighted by Gasteiger charge is 2.14. The van der Waals surface area contributed by atoms with Gasteiger partial charge in [0.05, 0.1) is 10.6 Å². The van der Waals surface area contributed by atoms with E-state index in [1.165, 1.54) is 11.8 Å². The summed E-state index contributed by atoms with van der Waals surface area (Å²) in [7, 11) is 0. The van der Waals surface area contributed by atoms with Crippen LogP contribution in [0.25, 0.3) is 0 Å². The standard InChI is InChI=1S/C17H15Cl2NO3S/c1-24-12-6-7-15(19)13(8-12)17(22)23-10-16(21)20-9-11-4-2-3-5-14(11)18/h2-8H,9-10H2,1H3,(H,20,21). The van der Waals surface area contributed by atoms with E-state index < -0.39 is 11.9 Å². The van der Waals surface area contributed by atoms with E-state index in [-0.39, 0.29) is 23.7 Å². The first-order chi connectivity index (χ1) is 11.5. The van der Waals surface area contributed by atoms with Crippen LogP contribution in [0.3, 0.4) is 0 Å². The number of nitrogens with one attached hydrogen (secondary N) is 1. The van der Waals surface area contributed by atoms with Crippen LogP contribution < -0.4 is 5.32 Å². The van der Waals surface area contributed by atoms with Crippen molar-refractivity contribution in [2.75, 3.05) is 12.9 Å². The zero-order chi connectivity index (χ0) is 17.5. The highest BCUT2D eigenvalue weighted by Crippen LogP contribution is 2.23.